The Bertz CT molecular complexity index is 205. The topological polar surface area (TPSA) is 53.6 Å². The summed E-state index contributed by atoms with van der Waals surface area (Å²) in [6.07, 6.45) is 2.85. The average Bonchev–Trinajstić information content (AvgIpc) is 2.51. The lowest BCUT2D eigenvalue weighted by Crippen LogP contribution is -2.18. The van der Waals surface area contributed by atoms with Crippen molar-refractivity contribution in [1.29, 1.82) is 0 Å². The monoisotopic (exact) mass is 168 g/mol. The van der Waals surface area contributed by atoms with Crippen LogP contribution >= 0.6 is 0 Å². The Morgan fingerprint density at radius 2 is 2.33 bits per heavy atom. The minimum atomic E-state index is 0.323. The number of nitrogens with one attached hydrogen (secondary N) is 2. The fourth-order valence-electron chi connectivity index (χ4n) is 1.24. The summed E-state index contributed by atoms with van der Waals surface area (Å²) in [6.45, 7) is 4.40. The summed E-state index contributed by atoms with van der Waals surface area (Å²) in [4.78, 5) is 0. The van der Waals surface area contributed by atoms with Crippen molar-refractivity contribution in [2.24, 2.45) is 5.92 Å². The smallest absolute Gasteiger partial charge is 0.0993 e. The summed E-state index contributed by atoms with van der Waals surface area (Å²) in [6, 6.07) is 0.323. The van der Waals surface area contributed by atoms with Gasteiger partial charge in [-0.2, -0.15) is 15.4 Å². The van der Waals surface area contributed by atoms with Crippen LogP contribution in [0.5, 0.6) is 0 Å². The van der Waals surface area contributed by atoms with Gasteiger partial charge in [0.15, 0.2) is 0 Å². The van der Waals surface area contributed by atoms with Crippen LogP contribution in [0.1, 0.15) is 32.0 Å². The first kappa shape index (κ1) is 9.19. The van der Waals surface area contributed by atoms with Crippen LogP contribution in [0.15, 0.2) is 6.20 Å². The van der Waals surface area contributed by atoms with Crippen molar-refractivity contribution in [3.8, 4) is 0 Å². The van der Waals surface area contributed by atoms with Crippen LogP contribution in [0.2, 0.25) is 0 Å². The molecule has 1 aromatic heterocycles. The molecule has 1 heterocycles. The van der Waals surface area contributed by atoms with Crippen molar-refractivity contribution in [3.63, 3.8) is 0 Å². The van der Waals surface area contributed by atoms with Crippen molar-refractivity contribution in [2.45, 2.75) is 26.3 Å². The summed E-state index contributed by atoms with van der Waals surface area (Å²) in [7, 11) is 1.95. The van der Waals surface area contributed by atoms with Crippen LogP contribution in [0, 0.1) is 5.92 Å². The summed E-state index contributed by atoms with van der Waals surface area (Å²) < 4.78 is 0. The van der Waals surface area contributed by atoms with Gasteiger partial charge in [-0.3, -0.25) is 0 Å². The lowest BCUT2D eigenvalue weighted by atomic mass is 10.0. The molecule has 2 N–H and O–H groups in total. The van der Waals surface area contributed by atoms with E-state index in [9.17, 15) is 0 Å². The van der Waals surface area contributed by atoms with E-state index in [1.807, 2.05) is 7.05 Å². The molecular weight excluding hydrogens is 152 g/mol. The highest BCUT2D eigenvalue weighted by Crippen LogP contribution is 2.17. The van der Waals surface area contributed by atoms with Crippen LogP contribution in [0.3, 0.4) is 0 Å². The molecule has 1 atom stereocenters. The molecule has 4 heteroatoms. The fourth-order valence-corrected chi connectivity index (χ4v) is 1.24. The molecule has 0 saturated heterocycles. The zero-order valence-electron chi connectivity index (χ0n) is 7.83. The Hall–Kier alpha value is -0.900. The molecule has 12 heavy (non-hydrogen) atoms. The van der Waals surface area contributed by atoms with E-state index in [1.54, 1.807) is 6.20 Å². The van der Waals surface area contributed by atoms with Gasteiger partial charge < -0.3 is 5.32 Å². The minimum Gasteiger partial charge on any atom is -0.312 e. The number of hydrogen-bond donors (Lipinski definition) is 2. The zero-order chi connectivity index (χ0) is 8.97. The highest BCUT2D eigenvalue weighted by atomic mass is 15.3. The van der Waals surface area contributed by atoms with Crippen molar-refractivity contribution < 1.29 is 0 Å². The molecule has 0 saturated carbocycles. The molecule has 68 valence electrons. The normalized spacial score (nSPS) is 13.7. The summed E-state index contributed by atoms with van der Waals surface area (Å²) in [5.41, 5.74) is 0.992. The zero-order valence-corrected chi connectivity index (χ0v) is 7.83. The molecule has 0 bridgehead atoms. The Kier molecular flexibility index (Phi) is 3.22. The second kappa shape index (κ2) is 4.21. The van der Waals surface area contributed by atoms with Crippen LogP contribution < -0.4 is 5.32 Å². The van der Waals surface area contributed by atoms with Crippen molar-refractivity contribution >= 4 is 0 Å². The lowest BCUT2D eigenvalue weighted by Gasteiger charge is -2.14. The van der Waals surface area contributed by atoms with Crippen molar-refractivity contribution in [3.05, 3.63) is 11.9 Å². The second-order valence-corrected chi connectivity index (χ2v) is 3.37. The van der Waals surface area contributed by atoms with E-state index in [4.69, 9.17) is 0 Å². The molecule has 0 radical (unpaired) electrons. The first-order chi connectivity index (χ1) is 5.74. The van der Waals surface area contributed by atoms with Crippen molar-refractivity contribution in [1.82, 2.24) is 20.7 Å². The molecule has 1 aromatic rings. The fraction of sp³-hybridized carbons (Fsp3) is 0.750. The largest absolute Gasteiger partial charge is 0.312 e. The van der Waals surface area contributed by atoms with Crippen LogP contribution in [-0.2, 0) is 0 Å². The van der Waals surface area contributed by atoms with E-state index in [1.165, 1.54) is 0 Å². The standard InChI is InChI=1S/C8H16N4/c1-6(2)4-7(9-3)8-5-10-12-11-8/h5-7,9H,4H2,1-3H3,(H,10,11,12). The maximum absolute atomic E-state index is 4.04. The predicted molar refractivity (Wildman–Crippen MR) is 47.6 cm³/mol. The van der Waals surface area contributed by atoms with E-state index >= 15 is 0 Å². The molecule has 0 spiro atoms. The van der Waals surface area contributed by atoms with E-state index in [0.29, 0.717) is 12.0 Å². The average molecular weight is 168 g/mol. The van der Waals surface area contributed by atoms with Crippen LogP contribution in [-0.4, -0.2) is 22.5 Å². The van der Waals surface area contributed by atoms with Crippen molar-refractivity contribution in [2.75, 3.05) is 7.05 Å². The van der Waals surface area contributed by atoms with E-state index in [2.05, 4.69) is 34.6 Å². The van der Waals surface area contributed by atoms with Gasteiger partial charge in [-0.25, -0.2) is 0 Å². The quantitative estimate of drug-likeness (QED) is 0.708. The Balaban J connectivity index is 2.57. The highest BCUT2D eigenvalue weighted by molar-refractivity contribution is 4.99. The summed E-state index contributed by atoms with van der Waals surface area (Å²) in [5, 5.41) is 13.7. The molecular formula is C8H16N4. The van der Waals surface area contributed by atoms with E-state index in [0.717, 1.165) is 12.1 Å². The Morgan fingerprint density at radius 1 is 1.58 bits per heavy atom. The Labute approximate surface area is 72.8 Å². The SMILES string of the molecule is CNC(CC(C)C)c1cn[nH]n1. The summed E-state index contributed by atoms with van der Waals surface area (Å²) in [5.74, 6) is 0.666. The number of nitrogens with zero attached hydrogens (tertiary/aromatic N) is 2. The van der Waals surface area contributed by atoms with Gasteiger partial charge in [-0.05, 0) is 19.4 Å². The third-order valence-corrected chi connectivity index (χ3v) is 1.85. The molecule has 4 nitrogen and oxygen atoms in total. The maximum Gasteiger partial charge on any atom is 0.0993 e. The van der Waals surface area contributed by atoms with Gasteiger partial charge in [0.1, 0.15) is 0 Å². The number of hydrogen-bond acceptors (Lipinski definition) is 3. The predicted octanol–water partition coefficient (Wildman–Crippen LogP) is 1.11. The van der Waals surface area contributed by atoms with Gasteiger partial charge in [-0.1, -0.05) is 13.8 Å². The molecule has 0 aromatic carbocycles. The second-order valence-electron chi connectivity index (χ2n) is 3.37. The van der Waals surface area contributed by atoms with Gasteiger partial charge in [0.2, 0.25) is 0 Å². The molecule has 0 fully saturated rings. The third kappa shape index (κ3) is 2.30. The molecule has 0 amide bonds. The van der Waals surface area contributed by atoms with E-state index < -0.39 is 0 Å². The first-order valence-corrected chi connectivity index (χ1v) is 4.27. The lowest BCUT2D eigenvalue weighted by molar-refractivity contribution is 0.448. The number of aromatic nitrogens is 3. The van der Waals surface area contributed by atoms with E-state index in [-0.39, 0.29) is 0 Å². The van der Waals surface area contributed by atoms with Gasteiger partial charge >= 0.3 is 0 Å². The molecule has 0 aliphatic rings. The number of H-pyrrole nitrogens is 1. The number of rotatable bonds is 4. The van der Waals surface area contributed by atoms with Crippen LogP contribution in [0.25, 0.3) is 0 Å². The minimum absolute atomic E-state index is 0.323. The van der Waals surface area contributed by atoms with Crippen LogP contribution in [0.4, 0.5) is 0 Å². The Morgan fingerprint density at radius 3 is 2.75 bits per heavy atom. The summed E-state index contributed by atoms with van der Waals surface area (Å²) >= 11 is 0. The molecule has 1 rings (SSSR count). The first-order valence-electron chi connectivity index (χ1n) is 4.27. The van der Waals surface area contributed by atoms with Gasteiger partial charge in [-0.15, -0.1) is 0 Å². The van der Waals surface area contributed by atoms with Gasteiger partial charge in [0.05, 0.1) is 17.9 Å². The van der Waals surface area contributed by atoms with Gasteiger partial charge in [0.25, 0.3) is 0 Å². The van der Waals surface area contributed by atoms with Gasteiger partial charge in [0, 0.05) is 0 Å². The number of aromatic amines is 1. The maximum atomic E-state index is 4.04. The third-order valence-electron chi connectivity index (χ3n) is 1.85. The highest BCUT2D eigenvalue weighted by Gasteiger charge is 2.12. The molecule has 0 aliphatic heterocycles. The molecule has 0 aliphatic carbocycles. The molecule has 1 unspecified atom stereocenters.